The van der Waals surface area contributed by atoms with Gasteiger partial charge in [0.25, 0.3) is 5.56 Å². The first-order valence-corrected chi connectivity index (χ1v) is 8.99. The molecule has 1 aliphatic rings. The van der Waals surface area contributed by atoms with E-state index in [1.54, 1.807) is 6.07 Å². The molecule has 3 heterocycles. The molecule has 7 heteroatoms. The van der Waals surface area contributed by atoms with Crippen LogP contribution in [0, 0.1) is 0 Å². The highest BCUT2D eigenvalue weighted by molar-refractivity contribution is 7.16. The zero-order chi connectivity index (χ0) is 17.1. The third-order valence-corrected chi connectivity index (χ3v) is 5.03. The van der Waals surface area contributed by atoms with Crippen LogP contribution in [0.5, 0.6) is 0 Å². The fourth-order valence-corrected chi connectivity index (χ4v) is 3.77. The molecular weight excluding hydrogens is 324 g/mol. The molecule has 1 amide bonds. The van der Waals surface area contributed by atoms with Crippen LogP contribution in [-0.4, -0.2) is 46.0 Å². The summed E-state index contributed by atoms with van der Waals surface area (Å²) < 4.78 is 1.38. The van der Waals surface area contributed by atoms with Crippen LogP contribution in [0.25, 0.3) is 10.2 Å². The number of nitrogens with zero attached hydrogens (tertiary/aromatic N) is 3. The lowest BCUT2D eigenvalue weighted by molar-refractivity contribution is -0.122. The SMILES string of the molecule is C=C(C)CN1CCC(NC(=O)Cn2cnc3sccc3c2=O)CC1. The molecule has 1 aliphatic heterocycles. The van der Waals surface area contributed by atoms with Crippen molar-refractivity contribution < 1.29 is 4.79 Å². The van der Waals surface area contributed by atoms with Crippen LogP contribution in [-0.2, 0) is 11.3 Å². The molecule has 0 spiro atoms. The predicted octanol–water partition coefficient (Wildman–Crippen LogP) is 1.61. The number of likely N-dealkylation sites (tertiary alicyclic amines) is 1. The third kappa shape index (κ3) is 3.91. The molecule has 1 N–H and O–H groups in total. The molecule has 0 unspecified atom stereocenters. The highest BCUT2D eigenvalue weighted by Crippen LogP contribution is 2.13. The molecule has 2 aromatic heterocycles. The van der Waals surface area contributed by atoms with E-state index in [-0.39, 0.29) is 24.1 Å². The number of aromatic nitrogens is 2. The van der Waals surface area contributed by atoms with Crippen LogP contribution >= 0.6 is 11.3 Å². The third-order valence-electron chi connectivity index (χ3n) is 4.21. The molecule has 24 heavy (non-hydrogen) atoms. The van der Waals surface area contributed by atoms with Gasteiger partial charge >= 0.3 is 0 Å². The van der Waals surface area contributed by atoms with E-state index in [0.717, 1.165) is 38.0 Å². The van der Waals surface area contributed by atoms with Gasteiger partial charge in [0, 0.05) is 25.7 Å². The van der Waals surface area contributed by atoms with Gasteiger partial charge in [-0.15, -0.1) is 11.3 Å². The van der Waals surface area contributed by atoms with Gasteiger partial charge in [-0.25, -0.2) is 4.98 Å². The number of hydrogen-bond acceptors (Lipinski definition) is 5. The summed E-state index contributed by atoms with van der Waals surface area (Å²) in [6.07, 6.45) is 3.31. The molecule has 0 aliphatic carbocycles. The van der Waals surface area contributed by atoms with Crippen LogP contribution in [0.1, 0.15) is 19.8 Å². The van der Waals surface area contributed by atoms with E-state index in [4.69, 9.17) is 0 Å². The highest BCUT2D eigenvalue weighted by Gasteiger charge is 2.20. The minimum atomic E-state index is -0.160. The Kier molecular flexibility index (Phi) is 5.11. The zero-order valence-corrected chi connectivity index (χ0v) is 14.6. The molecule has 0 saturated carbocycles. The van der Waals surface area contributed by atoms with Crippen molar-refractivity contribution in [1.82, 2.24) is 19.8 Å². The van der Waals surface area contributed by atoms with E-state index in [2.05, 4.69) is 21.8 Å². The van der Waals surface area contributed by atoms with Crippen molar-refractivity contribution in [2.45, 2.75) is 32.4 Å². The number of piperidine rings is 1. The monoisotopic (exact) mass is 346 g/mol. The normalized spacial score (nSPS) is 16.4. The zero-order valence-electron chi connectivity index (χ0n) is 13.8. The summed E-state index contributed by atoms with van der Waals surface area (Å²) in [5, 5.41) is 5.45. The average Bonchev–Trinajstić information content (AvgIpc) is 3.01. The summed E-state index contributed by atoms with van der Waals surface area (Å²) in [5.41, 5.74) is 1.00. The van der Waals surface area contributed by atoms with Gasteiger partial charge in [0.1, 0.15) is 11.4 Å². The molecule has 2 aromatic rings. The quantitative estimate of drug-likeness (QED) is 0.836. The highest BCUT2D eigenvalue weighted by atomic mass is 32.1. The molecule has 0 atom stereocenters. The summed E-state index contributed by atoms with van der Waals surface area (Å²) >= 11 is 1.43. The first-order valence-electron chi connectivity index (χ1n) is 8.11. The summed E-state index contributed by atoms with van der Waals surface area (Å²) in [6.45, 7) is 8.83. The van der Waals surface area contributed by atoms with Gasteiger partial charge in [0.2, 0.25) is 5.91 Å². The van der Waals surface area contributed by atoms with Crippen molar-refractivity contribution in [3.05, 3.63) is 40.3 Å². The minimum Gasteiger partial charge on any atom is -0.352 e. The maximum atomic E-state index is 12.3. The lowest BCUT2D eigenvalue weighted by Crippen LogP contribution is -2.46. The molecule has 6 nitrogen and oxygen atoms in total. The molecule has 0 aromatic carbocycles. The number of amides is 1. The summed E-state index contributed by atoms with van der Waals surface area (Å²) in [6, 6.07) is 1.92. The first kappa shape index (κ1) is 16.9. The Labute approximate surface area is 144 Å². The lowest BCUT2D eigenvalue weighted by atomic mass is 10.0. The van der Waals surface area contributed by atoms with Gasteiger partial charge in [-0.05, 0) is 31.2 Å². The number of carbonyl (C=O) groups excluding carboxylic acids is 1. The lowest BCUT2D eigenvalue weighted by Gasteiger charge is -2.32. The fourth-order valence-electron chi connectivity index (χ4n) is 3.05. The van der Waals surface area contributed by atoms with Crippen LogP contribution in [0.15, 0.2) is 34.7 Å². The number of fused-ring (bicyclic) bond motifs is 1. The van der Waals surface area contributed by atoms with E-state index in [1.807, 2.05) is 12.3 Å². The van der Waals surface area contributed by atoms with E-state index in [0.29, 0.717) is 10.2 Å². The average molecular weight is 346 g/mol. The van der Waals surface area contributed by atoms with Gasteiger partial charge in [0.05, 0.1) is 11.7 Å². The summed E-state index contributed by atoms with van der Waals surface area (Å²) in [7, 11) is 0. The number of nitrogens with one attached hydrogen (secondary N) is 1. The van der Waals surface area contributed by atoms with Gasteiger partial charge < -0.3 is 5.32 Å². The Morgan fingerprint density at radius 3 is 2.88 bits per heavy atom. The van der Waals surface area contributed by atoms with Gasteiger partial charge in [-0.3, -0.25) is 19.1 Å². The minimum absolute atomic E-state index is 0.0175. The molecular formula is C17H22N4O2S. The Bertz CT molecular complexity index is 802. The second-order valence-corrected chi connectivity index (χ2v) is 7.29. The van der Waals surface area contributed by atoms with E-state index in [9.17, 15) is 9.59 Å². The van der Waals surface area contributed by atoms with Gasteiger partial charge in [-0.2, -0.15) is 0 Å². The van der Waals surface area contributed by atoms with Crippen molar-refractivity contribution in [3.8, 4) is 0 Å². The Morgan fingerprint density at radius 1 is 1.42 bits per heavy atom. The second kappa shape index (κ2) is 7.27. The number of thiophene rings is 1. The largest absolute Gasteiger partial charge is 0.352 e. The number of rotatable bonds is 5. The Hall–Kier alpha value is -1.99. The van der Waals surface area contributed by atoms with Crippen LogP contribution in [0.2, 0.25) is 0 Å². The second-order valence-electron chi connectivity index (χ2n) is 6.39. The molecule has 1 fully saturated rings. The molecule has 1 saturated heterocycles. The standard InChI is InChI=1S/C17H22N4O2S/c1-12(2)9-20-6-3-13(4-7-20)19-15(22)10-21-11-18-16-14(17(21)23)5-8-24-16/h5,8,11,13H,1,3-4,6-7,9-10H2,2H3,(H,19,22). The van der Waals surface area contributed by atoms with E-state index >= 15 is 0 Å². The van der Waals surface area contributed by atoms with Crippen molar-refractivity contribution in [3.63, 3.8) is 0 Å². The topological polar surface area (TPSA) is 67.2 Å². The van der Waals surface area contributed by atoms with Gasteiger partial charge in [0.15, 0.2) is 0 Å². The van der Waals surface area contributed by atoms with Crippen molar-refractivity contribution >= 4 is 27.5 Å². The summed E-state index contributed by atoms with van der Waals surface area (Å²) in [4.78, 5) is 31.8. The Morgan fingerprint density at radius 2 is 2.17 bits per heavy atom. The number of carbonyl (C=O) groups is 1. The molecule has 0 bridgehead atoms. The van der Waals surface area contributed by atoms with Gasteiger partial charge in [-0.1, -0.05) is 12.2 Å². The maximum Gasteiger partial charge on any atom is 0.262 e. The molecule has 128 valence electrons. The van der Waals surface area contributed by atoms with E-state index < -0.39 is 0 Å². The summed E-state index contributed by atoms with van der Waals surface area (Å²) in [5.74, 6) is -0.133. The molecule has 0 radical (unpaired) electrons. The van der Waals surface area contributed by atoms with E-state index in [1.165, 1.54) is 22.2 Å². The van der Waals surface area contributed by atoms with Crippen molar-refractivity contribution in [1.29, 1.82) is 0 Å². The van der Waals surface area contributed by atoms with Crippen LogP contribution in [0.4, 0.5) is 0 Å². The fraction of sp³-hybridized carbons (Fsp3) is 0.471. The smallest absolute Gasteiger partial charge is 0.262 e. The molecule has 3 rings (SSSR count). The van der Waals surface area contributed by atoms with Crippen molar-refractivity contribution in [2.24, 2.45) is 0 Å². The van der Waals surface area contributed by atoms with Crippen LogP contribution < -0.4 is 10.9 Å². The Balaban J connectivity index is 1.55. The predicted molar refractivity (Wildman–Crippen MR) is 96.3 cm³/mol. The number of hydrogen-bond donors (Lipinski definition) is 1. The van der Waals surface area contributed by atoms with Crippen LogP contribution in [0.3, 0.4) is 0 Å². The van der Waals surface area contributed by atoms with Crippen molar-refractivity contribution in [2.75, 3.05) is 19.6 Å². The maximum absolute atomic E-state index is 12.3. The first-order chi connectivity index (χ1) is 11.5.